The van der Waals surface area contributed by atoms with Crippen molar-refractivity contribution in [1.29, 1.82) is 0 Å². The smallest absolute Gasteiger partial charge is 0.435 e. The first-order chi connectivity index (χ1) is 12.8. The third-order valence-electron chi connectivity index (χ3n) is 4.63. The van der Waals surface area contributed by atoms with Crippen molar-refractivity contribution in [2.75, 3.05) is 38.2 Å². The molecule has 1 fully saturated rings. The molecule has 27 heavy (non-hydrogen) atoms. The molecule has 1 aromatic carbocycles. The number of hydrogen-bond acceptors (Lipinski definition) is 4. The lowest BCUT2D eigenvalue weighted by molar-refractivity contribution is -0.142. The molecule has 0 spiro atoms. The Morgan fingerprint density at radius 1 is 1.15 bits per heavy atom. The average Bonchev–Trinajstić information content (AvgIpc) is 3.03. The van der Waals surface area contributed by atoms with Gasteiger partial charge in [-0.05, 0) is 37.3 Å². The number of rotatable bonds is 4. The van der Waals surface area contributed by atoms with Crippen LogP contribution in [-0.4, -0.2) is 53.9 Å². The standard InChI is InChI=1S/C18H21F3N4O2/c1-13-11-16(18(19,20)21)22-25(13)12-17(26)24-9-7-23(8-10-24)14-3-5-15(27-2)6-4-14/h3-6,11H,7-10,12H2,1-2H3. The molecule has 0 saturated carbocycles. The van der Waals surface area contributed by atoms with Gasteiger partial charge in [-0.3, -0.25) is 9.48 Å². The van der Waals surface area contributed by atoms with E-state index in [0.29, 0.717) is 31.9 Å². The van der Waals surface area contributed by atoms with Gasteiger partial charge in [0.25, 0.3) is 0 Å². The predicted molar refractivity (Wildman–Crippen MR) is 93.8 cm³/mol. The molecule has 0 N–H and O–H groups in total. The summed E-state index contributed by atoms with van der Waals surface area (Å²) < 4.78 is 44.5. The number of aromatic nitrogens is 2. The summed E-state index contributed by atoms with van der Waals surface area (Å²) in [4.78, 5) is 16.3. The van der Waals surface area contributed by atoms with Gasteiger partial charge in [0.1, 0.15) is 12.3 Å². The normalized spacial score (nSPS) is 15.1. The Bertz CT molecular complexity index is 794. The highest BCUT2D eigenvalue weighted by atomic mass is 19.4. The molecule has 0 aliphatic carbocycles. The zero-order valence-corrected chi connectivity index (χ0v) is 15.2. The van der Waals surface area contributed by atoms with E-state index in [0.717, 1.165) is 22.2 Å². The largest absolute Gasteiger partial charge is 0.497 e. The first kappa shape index (κ1) is 19.1. The van der Waals surface area contributed by atoms with Crippen LogP contribution in [0.25, 0.3) is 0 Å². The molecule has 1 saturated heterocycles. The van der Waals surface area contributed by atoms with Crippen molar-refractivity contribution in [2.24, 2.45) is 0 Å². The minimum Gasteiger partial charge on any atom is -0.497 e. The molecular weight excluding hydrogens is 361 g/mol. The van der Waals surface area contributed by atoms with Gasteiger partial charge >= 0.3 is 6.18 Å². The van der Waals surface area contributed by atoms with E-state index in [1.54, 1.807) is 12.0 Å². The lowest BCUT2D eigenvalue weighted by Crippen LogP contribution is -2.49. The highest BCUT2D eigenvalue weighted by molar-refractivity contribution is 5.76. The van der Waals surface area contributed by atoms with E-state index in [4.69, 9.17) is 4.74 Å². The van der Waals surface area contributed by atoms with Crippen molar-refractivity contribution in [3.63, 3.8) is 0 Å². The maximum Gasteiger partial charge on any atom is 0.435 e. The van der Waals surface area contributed by atoms with Gasteiger partial charge in [0.15, 0.2) is 5.69 Å². The molecule has 1 aliphatic rings. The number of carbonyl (C=O) groups excluding carboxylic acids is 1. The van der Waals surface area contributed by atoms with Crippen LogP contribution in [0.2, 0.25) is 0 Å². The summed E-state index contributed by atoms with van der Waals surface area (Å²) in [7, 11) is 1.61. The van der Waals surface area contributed by atoms with Gasteiger partial charge in [-0.25, -0.2) is 0 Å². The third-order valence-corrected chi connectivity index (χ3v) is 4.63. The van der Waals surface area contributed by atoms with E-state index in [-0.39, 0.29) is 12.5 Å². The number of piperazine rings is 1. The number of benzene rings is 1. The molecule has 9 heteroatoms. The van der Waals surface area contributed by atoms with Crippen LogP contribution in [0.5, 0.6) is 5.75 Å². The summed E-state index contributed by atoms with van der Waals surface area (Å²) in [6.07, 6.45) is -4.51. The topological polar surface area (TPSA) is 50.6 Å². The maximum atomic E-state index is 12.7. The number of aryl methyl sites for hydroxylation is 1. The van der Waals surface area contributed by atoms with Crippen LogP contribution in [-0.2, 0) is 17.5 Å². The summed E-state index contributed by atoms with van der Waals surface area (Å²) in [5.74, 6) is 0.546. The van der Waals surface area contributed by atoms with Crippen molar-refractivity contribution >= 4 is 11.6 Å². The fourth-order valence-electron chi connectivity index (χ4n) is 3.04. The minimum atomic E-state index is -4.51. The van der Waals surface area contributed by atoms with Gasteiger partial charge in [0.2, 0.25) is 5.91 Å². The van der Waals surface area contributed by atoms with E-state index in [1.807, 2.05) is 24.3 Å². The van der Waals surface area contributed by atoms with Crippen LogP contribution in [0.3, 0.4) is 0 Å². The van der Waals surface area contributed by atoms with Crippen molar-refractivity contribution in [3.05, 3.63) is 41.7 Å². The van der Waals surface area contributed by atoms with Crippen LogP contribution in [0.15, 0.2) is 30.3 Å². The zero-order valence-electron chi connectivity index (χ0n) is 15.2. The number of ether oxygens (including phenoxy) is 1. The maximum absolute atomic E-state index is 12.7. The van der Waals surface area contributed by atoms with Crippen LogP contribution in [0.4, 0.5) is 18.9 Å². The summed E-state index contributed by atoms with van der Waals surface area (Å²) in [5, 5.41) is 3.52. The molecule has 1 aliphatic heterocycles. The average molecular weight is 382 g/mol. The fraction of sp³-hybridized carbons (Fsp3) is 0.444. The van der Waals surface area contributed by atoms with Gasteiger partial charge < -0.3 is 14.5 Å². The lowest BCUT2D eigenvalue weighted by Gasteiger charge is -2.36. The van der Waals surface area contributed by atoms with E-state index in [9.17, 15) is 18.0 Å². The predicted octanol–water partition coefficient (Wildman–Crippen LogP) is 2.57. The summed E-state index contributed by atoms with van der Waals surface area (Å²) in [6, 6.07) is 8.64. The van der Waals surface area contributed by atoms with Gasteiger partial charge in [-0.15, -0.1) is 0 Å². The number of anilines is 1. The number of nitrogens with zero attached hydrogens (tertiary/aromatic N) is 4. The van der Waals surface area contributed by atoms with Gasteiger partial charge in [-0.1, -0.05) is 0 Å². The SMILES string of the molecule is COc1ccc(N2CCN(C(=O)Cn3nc(C(F)(F)F)cc3C)CC2)cc1. The highest BCUT2D eigenvalue weighted by Gasteiger charge is 2.34. The molecule has 146 valence electrons. The zero-order chi connectivity index (χ0) is 19.6. The van der Waals surface area contributed by atoms with Gasteiger partial charge in [0.05, 0.1) is 7.11 Å². The highest BCUT2D eigenvalue weighted by Crippen LogP contribution is 2.28. The molecule has 1 aromatic heterocycles. The monoisotopic (exact) mass is 382 g/mol. The van der Waals surface area contributed by atoms with Crippen LogP contribution < -0.4 is 9.64 Å². The van der Waals surface area contributed by atoms with Crippen molar-refractivity contribution < 1.29 is 22.7 Å². The molecule has 0 bridgehead atoms. The Balaban J connectivity index is 1.58. The quantitative estimate of drug-likeness (QED) is 0.816. The molecule has 1 amide bonds. The molecule has 6 nitrogen and oxygen atoms in total. The molecule has 3 rings (SSSR count). The molecule has 2 aromatic rings. The van der Waals surface area contributed by atoms with Gasteiger partial charge in [0, 0.05) is 37.6 Å². The number of carbonyl (C=O) groups is 1. The Labute approximate surface area is 155 Å². The number of halogens is 3. The second kappa shape index (κ2) is 7.50. The summed E-state index contributed by atoms with van der Waals surface area (Å²) >= 11 is 0. The fourth-order valence-corrected chi connectivity index (χ4v) is 3.04. The first-order valence-corrected chi connectivity index (χ1v) is 8.56. The van der Waals surface area contributed by atoms with Crippen molar-refractivity contribution in [2.45, 2.75) is 19.6 Å². The molecule has 0 atom stereocenters. The Morgan fingerprint density at radius 2 is 1.78 bits per heavy atom. The minimum absolute atomic E-state index is 0.190. The second-order valence-electron chi connectivity index (χ2n) is 6.39. The number of hydrogen-bond donors (Lipinski definition) is 0. The van der Waals surface area contributed by atoms with Crippen LogP contribution in [0.1, 0.15) is 11.4 Å². The molecular formula is C18H21F3N4O2. The molecule has 0 unspecified atom stereocenters. The summed E-state index contributed by atoms with van der Waals surface area (Å²) in [6.45, 7) is 3.66. The molecule has 0 radical (unpaired) electrons. The Hall–Kier alpha value is -2.71. The van der Waals surface area contributed by atoms with Crippen LogP contribution >= 0.6 is 0 Å². The van der Waals surface area contributed by atoms with E-state index >= 15 is 0 Å². The number of alkyl halides is 3. The second-order valence-corrected chi connectivity index (χ2v) is 6.39. The van der Waals surface area contributed by atoms with Gasteiger partial charge in [-0.2, -0.15) is 18.3 Å². The third kappa shape index (κ3) is 4.35. The Morgan fingerprint density at radius 3 is 2.30 bits per heavy atom. The van der Waals surface area contributed by atoms with E-state index < -0.39 is 11.9 Å². The van der Waals surface area contributed by atoms with E-state index in [2.05, 4.69) is 10.00 Å². The lowest BCUT2D eigenvalue weighted by atomic mass is 10.2. The van der Waals surface area contributed by atoms with E-state index in [1.165, 1.54) is 6.92 Å². The summed E-state index contributed by atoms with van der Waals surface area (Å²) in [5.41, 5.74) is 0.380. The number of amides is 1. The molecule has 2 heterocycles. The van der Waals surface area contributed by atoms with Crippen molar-refractivity contribution in [3.8, 4) is 5.75 Å². The first-order valence-electron chi connectivity index (χ1n) is 8.56. The number of methoxy groups -OCH3 is 1. The van der Waals surface area contributed by atoms with Crippen LogP contribution in [0, 0.1) is 6.92 Å². The Kier molecular flexibility index (Phi) is 5.29. The van der Waals surface area contributed by atoms with Crippen molar-refractivity contribution in [1.82, 2.24) is 14.7 Å².